The first-order valence-electron chi connectivity index (χ1n) is 7.71. The van der Waals surface area contributed by atoms with Crippen molar-refractivity contribution in [2.24, 2.45) is 0 Å². The fraction of sp³-hybridized carbons (Fsp3) is 0.294. The Morgan fingerprint density at radius 3 is 3.08 bits per heavy atom. The van der Waals surface area contributed by atoms with E-state index in [2.05, 4.69) is 16.3 Å². The number of aliphatic hydroxyl groups excluding tert-OH is 1. The van der Waals surface area contributed by atoms with Gasteiger partial charge in [0.25, 0.3) is 0 Å². The number of thiophene rings is 1. The van der Waals surface area contributed by atoms with Crippen LogP contribution in [0.2, 0.25) is 5.02 Å². The summed E-state index contributed by atoms with van der Waals surface area (Å²) in [6.45, 7) is 2.72. The summed E-state index contributed by atoms with van der Waals surface area (Å²) in [5, 5.41) is 18.0. The maximum atomic E-state index is 11.8. The summed E-state index contributed by atoms with van der Waals surface area (Å²) >= 11 is 8.22. The lowest BCUT2D eigenvalue weighted by atomic mass is 9.95. The van der Waals surface area contributed by atoms with E-state index in [9.17, 15) is 4.79 Å². The molecular formula is C17H16ClN3O2S. The third kappa shape index (κ3) is 2.33. The maximum absolute atomic E-state index is 11.8. The molecule has 2 aromatic heterocycles. The summed E-state index contributed by atoms with van der Waals surface area (Å²) in [5.74, 6) is -0.226. The van der Waals surface area contributed by atoms with Crippen molar-refractivity contribution in [3.63, 3.8) is 0 Å². The molecular weight excluding hydrogens is 346 g/mol. The lowest BCUT2D eigenvalue weighted by Gasteiger charge is -2.26. The largest absolute Gasteiger partial charge is 0.387 e. The Labute approximate surface area is 147 Å². The number of carbonyl (C=O) groups excluding carboxylic acids is 1. The van der Waals surface area contributed by atoms with Gasteiger partial charge in [0.05, 0.1) is 22.5 Å². The molecule has 5 nitrogen and oxygen atoms in total. The molecule has 0 spiro atoms. The Kier molecular flexibility index (Phi) is 3.83. The summed E-state index contributed by atoms with van der Waals surface area (Å²) in [6, 6.07) is 2.10. The van der Waals surface area contributed by atoms with Crippen LogP contribution in [0.4, 0.5) is 0 Å². The van der Waals surface area contributed by atoms with Crippen LogP contribution in [0.3, 0.4) is 0 Å². The zero-order chi connectivity index (χ0) is 16.8. The highest BCUT2D eigenvalue weighted by Gasteiger charge is 2.26. The van der Waals surface area contributed by atoms with E-state index >= 15 is 0 Å². The number of rotatable bonds is 2. The quantitative estimate of drug-likeness (QED) is 0.736. The summed E-state index contributed by atoms with van der Waals surface area (Å²) in [7, 11) is 0. The smallest absolute Gasteiger partial charge is 0.248 e. The molecule has 124 valence electrons. The molecule has 1 aromatic carbocycles. The number of halogens is 1. The predicted molar refractivity (Wildman–Crippen MR) is 95.4 cm³/mol. The van der Waals surface area contributed by atoms with Crippen LogP contribution in [-0.2, 0) is 17.8 Å². The minimum Gasteiger partial charge on any atom is -0.387 e. The first kappa shape index (κ1) is 15.6. The van der Waals surface area contributed by atoms with E-state index in [4.69, 9.17) is 16.7 Å². The van der Waals surface area contributed by atoms with Gasteiger partial charge in [-0.15, -0.1) is 11.3 Å². The molecule has 1 amide bonds. The predicted octanol–water partition coefficient (Wildman–Crippen LogP) is 3.13. The molecule has 0 radical (unpaired) electrons. The van der Waals surface area contributed by atoms with E-state index in [1.165, 1.54) is 10.9 Å². The lowest BCUT2D eigenvalue weighted by molar-refractivity contribution is -0.135. The van der Waals surface area contributed by atoms with Gasteiger partial charge >= 0.3 is 0 Å². The maximum Gasteiger partial charge on any atom is 0.248 e. The van der Waals surface area contributed by atoms with Gasteiger partial charge in [0.2, 0.25) is 5.91 Å². The first-order valence-corrected chi connectivity index (χ1v) is 8.90. The molecule has 4 rings (SSSR count). The van der Waals surface area contributed by atoms with E-state index in [1.54, 1.807) is 16.2 Å². The van der Waals surface area contributed by atoms with Crippen LogP contribution in [0.25, 0.3) is 21.2 Å². The number of hydrogen-bond acceptors (Lipinski definition) is 4. The second kappa shape index (κ2) is 5.88. The van der Waals surface area contributed by atoms with Crippen molar-refractivity contribution in [1.82, 2.24) is 15.1 Å². The molecule has 0 atom stereocenters. The van der Waals surface area contributed by atoms with Crippen LogP contribution in [0.5, 0.6) is 0 Å². The standard InChI is InChI=1S/C17H16ClN3O2S/c1-9-4-12(10-5-19-20-6-10)15-11-2-3-21(14(23)8-22)7-13(11)24-17(15)16(9)18/h4-6,22H,2-3,7-8H2,1H3,(H,19,20). The zero-order valence-corrected chi connectivity index (χ0v) is 14.7. The van der Waals surface area contributed by atoms with Crippen molar-refractivity contribution in [1.29, 1.82) is 0 Å². The van der Waals surface area contributed by atoms with Crippen LogP contribution in [0.15, 0.2) is 18.5 Å². The van der Waals surface area contributed by atoms with Crippen LogP contribution < -0.4 is 0 Å². The number of hydrogen-bond donors (Lipinski definition) is 2. The van der Waals surface area contributed by atoms with Crippen molar-refractivity contribution in [3.8, 4) is 11.1 Å². The highest BCUT2D eigenvalue weighted by atomic mass is 35.5. The summed E-state index contributed by atoms with van der Waals surface area (Å²) in [4.78, 5) is 14.7. The molecule has 0 saturated carbocycles. The number of aromatic nitrogens is 2. The summed E-state index contributed by atoms with van der Waals surface area (Å²) < 4.78 is 1.07. The number of aliphatic hydroxyl groups is 1. The number of benzene rings is 1. The summed E-state index contributed by atoms with van der Waals surface area (Å²) in [5.41, 5.74) is 4.45. The topological polar surface area (TPSA) is 69.2 Å². The average molecular weight is 362 g/mol. The van der Waals surface area contributed by atoms with E-state index in [0.29, 0.717) is 13.1 Å². The number of nitrogens with one attached hydrogen (secondary N) is 1. The Bertz CT molecular complexity index is 933. The zero-order valence-electron chi connectivity index (χ0n) is 13.1. The van der Waals surface area contributed by atoms with Gasteiger partial charge in [-0.25, -0.2) is 0 Å². The van der Waals surface area contributed by atoms with Crippen molar-refractivity contribution in [3.05, 3.63) is 39.5 Å². The number of fused-ring (bicyclic) bond motifs is 3. The molecule has 1 aliphatic rings. The number of aromatic amines is 1. The van der Waals surface area contributed by atoms with Crippen molar-refractivity contribution >= 4 is 38.9 Å². The number of carbonyl (C=O) groups is 1. The van der Waals surface area contributed by atoms with Crippen LogP contribution >= 0.6 is 22.9 Å². The molecule has 3 aromatic rings. The van der Waals surface area contributed by atoms with E-state index < -0.39 is 6.61 Å². The van der Waals surface area contributed by atoms with Crippen molar-refractivity contribution in [2.75, 3.05) is 13.2 Å². The SMILES string of the molecule is Cc1cc(-c2cn[nH]c2)c2c3c(sc2c1Cl)CN(C(=O)CO)CC3. The number of aryl methyl sites for hydroxylation is 1. The monoisotopic (exact) mass is 361 g/mol. The molecule has 3 heterocycles. The van der Waals surface area contributed by atoms with Gasteiger partial charge in [0, 0.05) is 28.6 Å². The molecule has 7 heteroatoms. The molecule has 1 aliphatic heterocycles. The van der Waals surface area contributed by atoms with Gasteiger partial charge in [-0.2, -0.15) is 5.10 Å². The van der Waals surface area contributed by atoms with Gasteiger partial charge in [-0.05, 0) is 36.1 Å². The number of nitrogens with zero attached hydrogens (tertiary/aromatic N) is 2. The average Bonchev–Trinajstić information content (AvgIpc) is 3.24. The molecule has 2 N–H and O–H groups in total. The van der Waals surface area contributed by atoms with Crippen molar-refractivity contribution in [2.45, 2.75) is 19.9 Å². The van der Waals surface area contributed by atoms with Crippen LogP contribution in [0, 0.1) is 6.92 Å². The van der Waals surface area contributed by atoms with E-state index in [-0.39, 0.29) is 5.91 Å². The van der Waals surface area contributed by atoms with E-state index in [1.807, 2.05) is 19.3 Å². The lowest BCUT2D eigenvalue weighted by Crippen LogP contribution is -2.37. The molecule has 0 bridgehead atoms. The second-order valence-corrected chi connectivity index (χ2v) is 7.46. The minimum absolute atomic E-state index is 0.226. The third-order valence-electron chi connectivity index (χ3n) is 4.53. The fourth-order valence-corrected chi connectivity index (χ4v) is 4.96. The fourth-order valence-electron chi connectivity index (χ4n) is 3.31. The van der Waals surface area contributed by atoms with Crippen molar-refractivity contribution < 1.29 is 9.90 Å². The Morgan fingerprint density at radius 2 is 2.38 bits per heavy atom. The van der Waals surface area contributed by atoms with Gasteiger partial charge in [0.15, 0.2) is 0 Å². The van der Waals surface area contributed by atoms with Crippen LogP contribution in [0.1, 0.15) is 16.0 Å². The van der Waals surface area contributed by atoms with Gasteiger partial charge in [-0.3, -0.25) is 9.89 Å². The molecule has 0 unspecified atom stereocenters. The first-order chi connectivity index (χ1) is 11.6. The van der Waals surface area contributed by atoms with Gasteiger partial charge < -0.3 is 10.0 Å². The third-order valence-corrected chi connectivity index (χ3v) is 6.36. The normalized spacial score (nSPS) is 14.2. The van der Waals surface area contributed by atoms with Gasteiger partial charge in [0.1, 0.15) is 6.61 Å². The van der Waals surface area contributed by atoms with Crippen LogP contribution in [-0.4, -0.2) is 39.3 Å². The molecule has 0 saturated heterocycles. The summed E-state index contributed by atoms with van der Waals surface area (Å²) in [6.07, 6.45) is 4.47. The Morgan fingerprint density at radius 1 is 1.54 bits per heavy atom. The van der Waals surface area contributed by atoms with Gasteiger partial charge in [-0.1, -0.05) is 11.6 Å². The highest BCUT2D eigenvalue weighted by molar-refractivity contribution is 7.20. The molecule has 0 fully saturated rings. The molecule has 0 aliphatic carbocycles. The highest BCUT2D eigenvalue weighted by Crippen LogP contribution is 2.45. The minimum atomic E-state index is -0.444. The van der Waals surface area contributed by atoms with E-state index in [0.717, 1.165) is 37.7 Å². The second-order valence-electron chi connectivity index (χ2n) is 5.97. The molecule has 24 heavy (non-hydrogen) atoms. The Hall–Kier alpha value is -1.89. The number of H-pyrrole nitrogens is 1. The Balaban J connectivity index is 1.93. The number of amides is 1.